The molecule has 0 radical (unpaired) electrons. The van der Waals surface area contributed by atoms with Crippen LogP contribution in [0.15, 0.2) is 24.3 Å². The molecule has 92 valence electrons. The molecule has 5 nitrogen and oxygen atoms in total. The number of aliphatic carboxylic acids is 1. The van der Waals surface area contributed by atoms with Crippen molar-refractivity contribution < 1.29 is 14.7 Å². The Labute approximate surface area is 100 Å². The molecule has 5 heteroatoms. The van der Waals surface area contributed by atoms with Gasteiger partial charge < -0.3 is 10.4 Å². The Hall–Kier alpha value is -2.04. The fourth-order valence-electron chi connectivity index (χ4n) is 1.54. The molecular weight excluding hydrogens is 220 g/mol. The third-order valence-corrected chi connectivity index (χ3v) is 2.41. The molecule has 1 aromatic rings. The standard InChI is InChI=1S/C12H16N2O3/c1-9-5-3-4-6-10(9)14(12(17)13-2)8-7-11(15)16/h3-6H,7-8H2,1-2H3,(H,13,17)(H,15,16). The number of nitrogens with one attached hydrogen (secondary N) is 1. The molecule has 0 aliphatic carbocycles. The van der Waals surface area contributed by atoms with Crippen LogP contribution in [-0.4, -0.2) is 30.7 Å². The number of urea groups is 1. The molecule has 1 aromatic carbocycles. The summed E-state index contributed by atoms with van der Waals surface area (Å²) < 4.78 is 0. The first-order valence-electron chi connectivity index (χ1n) is 5.33. The van der Waals surface area contributed by atoms with Gasteiger partial charge in [-0.2, -0.15) is 0 Å². The smallest absolute Gasteiger partial charge is 0.321 e. The number of benzene rings is 1. The van der Waals surface area contributed by atoms with Crippen molar-refractivity contribution in [1.29, 1.82) is 0 Å². The normalized spacial score (nSPS) is 9.76. The number of nitrogens with zero attached hydrogens (tertiary/aromatic N) is 1. The average Bonchev–Trinajstić information content (AvgIpc) is 2.30. The van der Waals surface area contributed by atoms with Gasteiger partial charge in [-0.05, 0) is 18.6 Å². The van der Waals surface area contributed by atoms with Crippen LogP contribution in [-0.2, 0) is 4.79 Å². The van der Waals surface area contributed by atoms with E-state index in [1.54, 1.807) is 6.07 Å². The third kappa shape index (κ3) is 3.48. The van der Waals surface area contributed by atoms with Crippen molar-refractivity contribution >= 4 is 17.7 Å². The predicted octanol–water partition coefficient (Wildman–Crippen LogP) is 1.62. The first-order chi connectivity index (χ1) is 8.06. The molecule has 0 saturated carbocycles. The van der Waals surface area contributed by atoms with E-state index < -0.39 is 5.97 Å². The molecule has 0 bridgehead atoms. The number of para-hydroxylation sites is 1. The van der Waals surface area contributed by atoms with Crippen LogP contribution in [0.1, 0.15) is 12.0 Å². The van der Waals surface area contributed by atoms with Gasteiger partial charge in [0.2, 0.25) is 0 Å². The Morgan fingerprint density at radius 2 is 2.00 bits per heavy atom. The van der Waals surface area contributed by atoms with Crippen molar-refractivity contribution in [2.24, 2.45) is 0 Å². The van der Waals surface area contributed by atoms with Crippen LogP contribution in [0, 0.1) is 6.92 Å². The zero-order valence-corrected chi connectivity index (χ0v) is 9.93. The third-order valence-electron chi connectivity index (χ3n) is 2.41. The Kier molecular flexibility index (Phi) is 4.51. The zero-order chi connectivity index (χ0) is 12.8. The maximum Gasteiger partial charge on any atom is 0.321 e. The van der Waals surface area contributed by atoms with Gasteiger partial charge in [0.15, 0.2) is 0 Å². The summed E-state index contributed by atoms with van der Waals surface area (Å²) >= 11 is 0. The Morgan fingerprint density at radius 3 is 2.53 bits per heavy atom. The molecule has 0 atom stereocenters. The maximum absolute atomic E-state index is 11.7. The van der Waals surface area contributed by atoms with Crippen LogP contribution in [0.5, 0.6) is 0 Å². The number of hydrogen-bond acceptors (Lipinski definition) is 2. The van der Waals surface area contributed by atoms with Gasteiger partial charge in [0.1, 0.15) is 0 Å². The fourth-order valence-corrected chi connectivity index (χ4v) is 1.54. The molecule has 0 saturated heterocycles. The van der Waals surface area contributed by atoms with Crippen LogP contribution in [0.4, 0.5) is 10.5 Å². The minimum atomic E-state index is -0.924. The molecule has 0 aliphatic heterocycles. The SMILES string of the molecule is CNC(=O)N(CCC(=O)O)c1ccccc1C. The molecule has 0 aliphatic rings. The highest BCUT2D eigenvalue weighted by Gasteiger charge is 2.16. The van der Waals surface area contributed by atoms with Gasteiger partial charge >= 0.3 is 12.0 Å². The summed E-state index contributed by atoms with van der Waals surface area (Å²) in [6.07, 6.45) is -0.0816. The van der Waals surface area contributed by atoms with Crippen molar-refractivity contribution in [3.8, 4) is 0 Å². The van der Waals surface area contributed by atoms with E-state index in [0.29, 0.717) is 0 Å². The Bertz CT molecular complexity index is 418. The molecule has 2 amide bonds. The van der Waals surface area contributed by atoms with Gasteiger partial charge in [-0.1, -0.05) is 18.2 Å². The number of carboxylic acid groups (broad SMARTS) is 1. The number of carbonyl (C=O) groups excluding carboxylic acids is 1. The summed E-state index contributed by atoms with van der Waals surface area (Å²) in [6.45, 7) is 2.03. The maximum atomic E-state index is 11.7. The van der Waals surface area contributed by atoms with Crippen molar-refractivity contribution in [2.75, 3.05) is 18.5 Å². The summed E-state index contributed by atoms with van der Waals surface area (Å²) in [6, 6.07) is 7.07. The molecule has 0 aromatic heterocycles. The number of carbonyl (C=O) groups is 2. The van der Waals surface area contributed by atoms with E-state index in [2.05, 4.69) is 5.32 Å². The van der Waals surface area contributed by atoms with Crippen LogP contribution < -0.4 is 10.2 Å². The van der Waals surface area contributed by atoms with Crippen molar-refractivity contribution in [1.82, 2.24) is 5.32 Å². The van der Waals surface area contributed by atoms with Gasteiger partial charge in [0, 0.05) is 19.3 Å². The molecule has 0 heterocycles. The minimum Gasteiger partial charge on any atom is -0.481 e. The van der Waals surface area contributed by atoms with E-state index in [1.165, 1.54) is 11.9 Å². The molecule has 0 unspecified atom stereocenters. The molecule has 0 spiro atoms. The number of aryl methyl sites for hydroxylation is 1. The van der Waals surface area contributed by atoms with Gasteiger partial charge in [0.05, 0.1) is 6.42 Å². The fraction of sp³-hybridized carbons (Fsp3) is 0.333. The highest BCUT2D eigenvalue weighted by molar-refractivity contribution is 5.93. The summed E-state index contributed by atoms with van der Waals surface area (Å²) in [4.78, 5) is 23.7. The van der Waals surface area contributed by atoms with Crippen molar-refractivity contribution in [3.05, 3.63) is 29.8 Å². The second-order valence-electron chi connectivity index (χ2n) is 3.64. The number of rotatable bonds is 4. The Morgan fingerprint density at radius 1 is 1.35 bits per heavy atom. The lowest BCUT2D eigenvalue weighted by Crippen LogP contribution is -2.39. The summed E-state index contributed by atoms with van der Waals surface area (Å²) in [5.74, 6) is -0.924. The quantitative estimate of drug-likeness (QED) is 0.834. The molecule has 1 rings (SSSR count). The van der Waals surface area contributed by atoms with E-state index in [4.69, 9.17) is 5.11 Å². The number of carboxylic acids is 1. The first kappa shape index (κ1) is 13.0. The first-order valence-corrected chi connectivity index (χ1v) is 5.33. The van der Waals surface area contributed by atoms with E-state index in [0.717, 1.165) is 11.3 Å². The van der Waals surface area contributed by atoms with Gasteiger partial charge in [-0.25, -0.2) is 4.79 Å². The highest BCUT2D eigenvalue weighted by Crippen LogP contribution is 2.19. The largest absolute Gasteiger partial charge is 0.481 e. The van der Waals surface area contributed by atoms with Crippen LogP contribution in [0.2, 0.25) is 0 Å². The zero-order valence-electron chi connectivity index (χ0n) is 9.93. The van der Waals surface area contributed by atoms with Crippen LogP contribution >= 0.6 is 0 Å². The minimum absolute atomic E-state index is 0.0816. The van der Waals surface area contributed by atoms with E-state index in [-0.39, 0.29) is 19.0 Å². The topological polar surface area (TPSA) is 69.6 Å². The van der Waals surface area contributed by atoms with Gasteiger partial charge in [0.25, 0.3) is 0 Å². The second kappa shape index (κ2) is 5.89. The van der Waals surface area contributed by atoms with E-state index in [1.807, 2.05) is 25.1 Å². The number of amides is 2. The van der Waals surface area contributed by atoms with Crippen molar-refractivity contribution in [2.45, 2.75) is 13.3 Å². The lowest BCUT2D eigenvalue weighted by molar-refractivity contribution is -0.136. The van der Waals surface area contributed by atoms with Crippen LogP contribution in [0.3, 0.4) is 0 Å². The number of hydrogen-bond donors (Lipinski definition) is 2. The molecular formula is C12H16N2O3. The average molecular weight is 236 g/mol. The highest BCUT2D eigenvalue weighted by atomic mass is 16.4. The second-order valence-corrected chi connectivity index (χ2v) is 3.64. The summed E-state index contributed by atoms with van der Waals surface area (Å²) in [5, 5.41) is 11.2. The molecule has 0 fully saturated rings. The van der Waals surface area contributed by atoms with Crippen LogP contribution in [0.25, 0.3) is 0 Å². The van der Waals surface area contributed by atoms with E-state index >= 15 is 0 Å². The summed E-state index contributed by atoms with van der Waals surface area (Å²) in [5.41, 5.74) is 1.66. The Balaban J connectivity index is 2.94. The molecule has 17 heavy (non-hydrogen) atoms. The van der Waals surface area contributed by atoms with Gasteiger partial charge in [-0.15, -0.1) is 0 Å². The lowest BCUT2D eigenvalue weighted by atomic mass is 10.2. The van der Waals surface area contributed by atoms with Crippen molar-refractivity contribution in [3.63, 3.8) is 0 Å². The number of anilines is 1. The lowest BCUT2D eigenvalue weighted by Gasteiger charge is -2.23. The summed E-state index contributed by atoms with van der Waals surface area (Å²) in [7, 11) is 1.52. The predicted molar refractivity (Wildman–Crippen MR) is 65.2 cm³/mol. The molecule has 2 N–H and O–H groups in total. The van der Waals surface area contributed by atoms with Gasteiger partial charge in [-0.3, -0.25) is 9.69 Å². The monoisotopic (exact) mass is 236 g/mol. The van der Waals surface area contributed by atoms with E-state index in [9.17, 15) is 9.59 Å².